The monoisotopic (exact) mass is 267 g/mol. The fourth-order valence-electron chi connectivity index (χ4n) is 2.53. The van der Waals surface area contributed by atoms with E-state index in [1.807, 2.05) is 21.0 Å². The number of hydrogen-bond donors (Lipinski definition) is 1. The van der Waals surface area contributed by atoms with Crippen LogP contribution in [0.3, 0.4) is 0 Å². The standard InChI is InChI=1S/C13H22FN5/c1-4-15-13-16-8-11(14)12(17-13)19-7-5-6-10(19)9-18(2)3/h8,10H,4-7,9H2,1-3H3,(H,15,16,17). The lowest BCUT2D eigenvalue weighted by Crippen LogP contribution is -2.38. The average Bonchev–Trinajstić information content (AvgIpc) is 2.79. The molecular weight excluding hydrogens is 245 g/mol. The van der Waals surface area contributed by atoms with Crippen molar-refractivity contribution in [1.82, 2.24) is 14.9 Å². The molecule has 1 aliphatic heterocycles. The van der Waals surface area contributed by atoms with E-state index in [1.54, 1.807) is 0 Å². The van der Waals surface area contributed by atoms with Crippen LogP contribution in [0.1, 0.15) is 19.8 Å². The van der Waals surface area contributed by atoms with Crippen molar-refractivity contribution in [2.24, 2.45) is 0 Å². The highest BCUT2D eigenvalue weighted by Crippen LogP contribution is 2.26. The fourth-order valence-corrected chi connectivity index (χ4v) is 2.53. The molecule has 0 aromatic carbocycles. The van der Waals surface area contributed by atoms with Crippen LogP contribution >= 0.6 is 0 Å². The molecule has 1 aromatic rings. The van der Waals surface area contributed by atoms with Crippen molar-refractivity contribution in [2.45, 2.75) is 25.8 Å². The second-order valence-corrected chi connectivity index (χ2v) is 5.15. The first kappa shape index (κ1) is 14.0. The van der Waals surface area contributed by atoms with Crippen molar-refractivity contribution in [3.8, 4) is 0 Å². The Bertz CT molecular complexity index is 423. The van der Waals surface area contributed by atoms with Crippen LogP contribution in [0, 0.1) is 5.82 Å². The Morgan fingerprint density at radius 3 is 3.00 bits per heavy atom. The Balaban J connectivity index is 2.21. The first-order valence-corrected chi connectivity index (χ1v) is 6.79. The zero-order valence-corrected chi connectivity index (χ0v) is 11.9. The smallest absolute Gasteiger partial charge is 0.224 e. The molecule has 1 aliphatic rings. The third-order valence-electron chi connectivity index (χ3n) is 3.29. The zero-order chi connectivity index (χ0) is 13.8. The van der Waals surface area contributed by atoms with E-state index in [0.717, 1.165) is 32.5 Å². The number of hydrogen-bond acceptors (Lipinski definition) is 5. The Hall–Kier alpha value is -1.43. The van der Waals surface area contributed by atoms with Gasteiger partial charge in [-0.05, 0) is 33.9 Å². The van der Waals surface area contributed by atoms with E-state index in [2.05, 4.69) is 25.1 Å². The highest BCUT2D eigenvalue weighted by atomic mass is 19.1. The lowest BCUT2D eigenvalue weighted by molar-refractivity contribution is 0.370. The molecule has 1 saturated heterocycles. The van der Waals surface area contributed by atoms with Crippen LogP contribution in [0.4, 0.5) is 16.2 Å². The van der Waals surface area contributed by atoms with Crippen LogP contribution in [-0.2, 0) is 0 Å². The molecule has 0 radical (unpaired) electrons. The summed E-state index contributed by atoms with van der Waals surface area (Å²) in [6, 6.07) is 0.328. The lowest BCUT2D eigenvalue weighted by atomic mass is 10.2. The molecule has 1 aromatic heterocycles. The minimum atomic E-state index is -0.340. The molecule has 1 fully saturated rings. The van der Waals surface area contributed by atoms with E-state index < -0.39 is 0 Å². The zero-order valence-electron chi connectivity index (χ0n) is 11.9. The predicted molar refractivity (Wildman–Crippen MR) is 75.1 cm³/mol. The highest BCUT2D eigenvalue weighted by Gasteiger charge is 2.28. The SMILES string of the molecule is CCNc1ncc(F)c(N2CCCC2CN(C)C)n1. The van der Waals surface area contributed by atoms with Gasteiger partial charge in [0.05, 0.1) is 6.20 Å². The van der Waals surface area contributed by atoms with Crippen LogP contribution in [-0.4, -0.2) is 54.6 Å². The van der Waals surface area contributed by atoms with Gasteiger partial charge in [0.25, 0.3) is 0 Å². The Morgan fingerprint density at radius 2 is 2.32 bits per heavy atom. The first-order chi connectivity index (χ1) is 9.11. The van der Waals surface area contributed by atoms with E-state index in [1.165, 1.54) is 6.20 Å². The summed E-state index contributed by atoms with van der Waals surface area (Å²) in [5.41, 5.74) is 0. The predicted octanol–water partition coefficient (Wildman–Crippen LogP) is 1.58. The van der Waals surface area contributed by atoms with Crippen molar-refractivity contribution in [1.29, 1.82) is 0 Å². The van der Waals surface area contributed by atoms with Gasteiger partial charge in [-0.2, -0.15) is 4.98 Å². The number of halogens is 1. The van der Waals surface area contributed by atoms with Crippen molar-refractivity contribution in [3.63, 3.8) is 0 Å². The van der Waals surface area contributed by atoms with Crippen LogP contribution in [0.5, 0.6) is 0 Å². The summed E-state index contributed by atoms with van der Waals surface area (Å²) in [7, 11) is 4.08. The van der Waals surface area contributed by atoms with Gasteiger partial charge in [-0.3, -0.25) is 0 Å². The van der Waals surface area contributed by atoms with E-state index >= 15 is 0 Å². The molecule has 1 N–H and O–H groups in total. The minimum absolute atomic E-state index is 0.328. The molecule has 2 heterocycles. The quantitative estimate of drug-likeness (QED) is 0.877. The van der Waals surface area contributed by atoms with Gasteiger partial charge in [0.15, 0.2) is 11.6 Å². The third-order valence-corrected chi connectivity index (χ3v) is 3.29. The Morgan fingerprint density at radius 1 is 1.53 bits per heavy atom. The van der Waals surface area contributed by atoms with Crippen molar-refractivity contribution >= 4 is 11.8 Å². The number of nitrogens with one attached hydrogen (secondary N) is 1. The van der Waals surface area contributed by atoms with Gasteiger partial charge in [-0.15, -0.1) is 0 Å². The Kier molecular flexibility index (Phi) is 4.52. The summed E-state index contributed by atoms with van der Waals surface area (Å²) < 4.78 is 14.0. The molecule has 1 atom stereocenters. The third kappa shape index (κ3) is 3.32. The van der Waals surface area contributed by atoms with Crippen molar-refractivity contribution in [3.05, 3.63) is 12.0 Å². The average molecular weight is 267 g/mol. The summed E-state index contributed by atoms with van der Waals surface area (Å²) in [5, 5.41) is 3.03. The van der Waals surface area contributed by atoms with Crippen LogP contribution in [0.25, 0.3) is 0 Å². The number of rotatable bonds is 5. The molecule has 1 unspecified atom stereocenters. The number of anilines is 2. The molecule has 6 heteroatoms. The van der Waals surface area contributed by atoms with Crippen LogP contribution in [0.2, 0.25) is 0 Å². The minimum Gasteiger partial charge on any atom is -0.354 e. The number of aromatic nitrogens is 2. The van der Waals surface area contributed by atoms with E-state index in [0.29, 0.717) is 17.8 Å². The molecular formula is C13H22FN5. The molecule has 2 rings (SSSR count). The lowest BCUT2D eigenvalue weighted by Gasteiger charge is -2.28. The fraction of sp³-hybridized carbons (Fsp3) is 0.692. The molecule has 19 heavy (non-hydrogen) atoms. The van der Waals surface area contributed by atoms with Crippen molar-refractivity contribution in [2.75, 3.05) is 43.9 Å². The van der Waals surface area contributed by atoms with Gasteiger partial charge < -0.3 is 15.1 Å². The topological polar surface area (TPSA) is 44.3 Å². The van der Waals surface area contributed by atoms with Gasteiger partial charge in [0, 0.05) is 25.7 Å². The second-order valence-electron chi connectivity index (χ2n) is 5.15. The molecule has 106 valence electrons. The normalized spacial score (nSPS) is 19.2. The molecule has 5 nitrogen and oxygen atoms in total. The van der Waals surface area contributed by atoms with Gasteiger partial charge in [0.2, 0.25) is 5.95 Å². The maximum Gasteiger partial charge on any atom is 0.224 e. The summed E-state index contributed by atoms with van der Waals surface area (Å²) in [6.45, 7) is 4.47. The molecule has 0 saturated carbocycles. The van der Waals surface area contributed by atoms with Gasteiger partial charge in [0.1, 0.15) is 0 Å². The summed E-state index contributed by atoms with van der Waals surface area (Å²) in [4.78, 5) is 12.5. The maximum atomic E-state index is 14.0. The highest BCUT2D eigenvalue weighted by molar-refractivity contribution is 5.46. The van der Waals surface area contributed by atoms with E-state index in [-0.39, 0.29) is 5.82 Å². The number of likely N-dealkylation sites (N-methyl/N-ethyl adjacent to an activating group) is 1. The molecule has 0 spiro atoms. The van der Waals surface area contributed by atoms with Gasteiger partial charge >= 0.3 is 0 Å². The first-order valence-electron chi connectivity index (χ1n) is 6.79. The summed E-state index contributed by atoms with van der Waals surface area (Å²) in [5.74, 6) is 0.581. The second kappa shape index (κ2) is 6.14. The summed E-state index contributed by atoms with van der Waals surface area (Å²) in [6.07, 6.45) is 3.42. The largest absolute Gasteiger partial charge is 0.354 e. The van der Waals surface area contributed by atoms with Gasteiger partial charge in [-0.1, -0.05) is 0 Å². The summed E-state index contributed by atoms with van der Waals surface area (Å²) >= 11 is 0. The van der Waals surface area contributed by atoms with E-state index in [4.69, 9.17) is 0 Å². The Labute approximate surface area is 113 Å². The van der Waals surface area contributed by atoms with Crippen molar-refractivity contribution < 1.29 is 4.39 Å². The molecule has 0 bridgehead atoms. The van der Waals surface area contributed by atoms with Gasteiger partial charge in [-0.25, -0.2) is 9.37 Å². The number of nitrogens with zero attached hydrogens (tertiary/aromatic N) is 4. The molecule has 0 aliphatic carbocycles. The maximum absolute atomic E-state index is 14.0. The molecule has 0 amide bonds. The van der Waals surface area contributed by atoms with Crippen LogP contribution < -0.4 is 10.2 Å². The van der Waals surface area contributed by atoms with Crippen LogP contribution in [0.15, 0.2) is 6.20 Å². The van der Waals surface area contributed by atoms with E-state index in [9.17, 15) is 4.39 Å².